The molecule has 1 unspecified atom stereocenters. The Morgan fingerprint density at radius 2 is 2.14 bits per heavy atom. The first kappa shape index (κ1) is 8.81. The number of para-hydroxylation sites is 1. The molecule has 3 nitrogen and oxygen atoms in total. The molecule has 2 rings (SSSR count). The van der Waals surface area contributed by atoms with Gasteiger partial charge in [0.05, 0.1) is 11.7 Å². The lowest BCUT2D eigenvalue weighted by Gasteiger charge is -2.30. The summed E-state index contributed by atoms with van der Waals surface area (Å²) in [7, 11) is 0. The van der Waals surface area contributed by atoms with Gasteiger partial charge in [-0.2, -0.15) is 0 Å². The second kappa shape index (κ2) is 3.18. The SMILES string of the molecule is CC1C=Cc2ccccc2N1C(N)=O. The van der Waals surface area contributed by atoms with Gasteiger partial charge in [-0.1, -0.05) is 30.4 Å². The van der Waals surface area contributed by atoms with Gasteiger partial charge in [0.15, 0.2) is 0 Å². The third-order valence-electron chi connectivity index (χ3n) is 2.40. The number of nitrogens with two attached hydrogens (primary N) is 1. The molecule has 1 aliphatic heterocycles. The Hall–Kier alpha value is -1.77. The number of hydrogen-bond acceptors (Lipinski definition) is 1. The second-order valence-corrected chi connectivity index (χ2v) is 3.37. The Bertz CT molecular complexity index is 398. The molecule has 72 valence electrons. The normalized spacial score (nSPS) is 19.2. The lowest BCUT2D eigenvalue weighted by molar-refractivity contribution is 0.253. The predicted molar refractivity (Wildman–Crippen MR) is 57.0 cm³/mol. The van der Waals surface area contributed by atoms with Crippen LogP contribution in [0.15, 0.2) is 30.3 Å². The molecule has 0 aliphatic carbocycles. The van der Waals surface area contributed by atoms with Crippen molar-refractivity contribution in [1.29, 1.82) is 0 Å². The third kappa shape index (κ3) is 1.27. The maximum absolute atomic E-state index is 11.2. The van der Waals surface area contributed by atoms with Crippen LogP contribution in [0.1, 0.15) is 12.5 Å². The monoisotopic (exact) mass is 188 g/mol. The van der Waals surface area contributed by atoms with E-state index in [1.807, 2.05) is 43.3 Å². The Morgan fingerprint density at radius 3 is 2.86 bits per heavy atom. The number of hydrogen-bond donors (Lipinski definition) is 1. The fraction of sp³-hybridized carbons (Fsp3) is 0.182. The zero-order chi connectivity index (χ0) is 10.1. The van der Waals surface area contributed by atoms with Crippen molar-refractivity contribution in [3.8, 4) is 0 Å². The van der Waals surface area contributed by atoms with Gasteiger partial charge in [0.2, 0.25) is 0 Å². The summed E-state index contributed by atoms with van der Waals surface area (Å²) >= 11 is 0. The molecular weight excluding hydrogens is 176 g/mol. The fourth-order valence-electron chi connectivity index (χ4n) is 1.72. The van der Waals surface area contributed by atoms with E-state index in [9.17, 15) is 4.79 Å². The maximum atomic E-state index is 11.2. The summed E-state index contributed by atoms with van der Waals surface area (Å²) in [6, 6.07) is 7.34. The number of nitrogens with zero attached hydrogens (tertiary/aromatic N) is 1. The summed E-state index contributed by atoms with van der Waals surface area (Å²) in [4.78, 5) is 12.8. The summed E-state index contributed by atoms with van der Waals surface area (Å²) in [6.45, 7) is 1.94. The highest BCUT2D eigenvalue weighted by atomic mass is 16.2. The van der Waals surface area contributed by atoms with Crippen molar-refractivity contribution in [3.05, 3.63) is 35.9 Å². The number of amides is 2. The zero-order valence-electron chi connectivity index (χ0n) is 7.97. The van der Waals surface area contributed by atoms with E-state index in [0.717, 1.165) is 11.3 Å². The molecule has 0 radical (unpaired) electrons. The van der Waals surface area contributed by atoms with Gasteiger partial charge in [0.1, 0.15) is 0 Å². The Kier molecular flexibility index (Phi) is 2.00. The smallest absolute Gasteiger partial charge is 0.319 e. The van der Waals surface area contributed by atoms with Gasteiger partial charge >= 0.3 is 6.03 Å². The topological polar surface area (TPSA) is 46.3 Å². The lowest BCUT2D eigenvalue weighted by Crippen LogP contribution is -2.42. The number of benzene rings is 1. The van der Waals surface area contributed by atoms with E-state index in [4.69, 9.17) is 5.73 Å². The number of carbonyl (C=O) groups is 1. The van der Waals surface area contributed by atoms with Gasteiger partial charge in [0, 0.05) is 0 Å². The van der Waals surface area contributed by atoms with E-state index >= 15 is 0 Å². The predicted octanol–water partition coefficient (Wildman–Crippen LogP) is 1.99. The van der Waals surface area contributed by atoms with E-state index in [-0.39, 0.29) is 6.04 Å². The lowest BCUT2D eigenvalue weighted by atomic mass is 10.0. The maximum Gasteiger partial charge on any atom is 0.319 e. The van der Waals surface area contributed by atoms with Gasteiger partial charge in [-0.15, -0.1) is 0 Å². The Labute approximate surface area is 82.8 Å². The van der Waals surface area contributed by atoms with Crippen LogP contribution >= 0.6 is 0 Å². The standard InChI is InChI=1S/C11H12N2O/c1-8-6-7-9-4-2-3-5-10(9)13(8)11(12)14/h2-8H,1H3,(H2,12,14). The van der Waals surface area contributed by atoms with Gasteiger partial charge in [0.25, 0.3) is 0 Å². The van der Waals surface area contributed by atoms with Crippen molar-refractivity contribution in [2.24, 2.45) is 5.73 Å². The minimum absolute atomic E-state index is 0.0300. The molecule has 0 fully saturated rings. The average molecular weight is 188 g/mol. The van der Waals surface area contributed by atoms with Crippen LogP contribution in [0.25, 0.3) is 6.08 Å². The first-order chi connectivity index (χ1) is 6.70. The second-order valence-electron chi connectivity index (χ2n) is 3.37. The minimum atomic E-state index is -0.408. The van der Waals surface area contributed by atoms with Crippen LogP contribution in [0.4, 0.5) is 10.5 Å². The van der Waals surface area contributed by atoms with E-state index in [1.165, 1.54) is 0 Å². The van der Waals surface area contributed by atoms with Crippen LogP contribution in [-0.4, -0.2) is 12.1 Å². The van der Waals surface area contributed by atoms with Crippen LogP contribution in [-0.2, 0) is 0 Å². The van der Waals surface area contributed by atoms with Gasteiger partial charge in [-0.05, 0) is 18.6 Å². The molecular formula is C11H12N2O. The van der Waals surface area contributed by atoms with Crippen LogP contribution in [0.5, 0.6) is 0 Å². The van der Waals surface area contributed by atoms with Gasteiger partial charge in [-0.3, -0.25) is 4.90 Å². The fourth-order valence-corrected chi connectivity index (χ4v) is 1.72. The number of rotatable bonds is 0. The van der Waals surface area contributed by atoms with Gasteiger partial charge < -0.3 is 5.73 Å². The molecule has 0 aromatic heterocycles. The molecule has 2 amide bonds. The summed E-state index contributed by atoms with van der Waals surface area (Å²) in [5.74, 6) is 0. The van der Waals surface area contributed by atoms with E-state index in [1.54, 1.807) is 4.90 Å². The van der Waals surface area contributed by atoms with Crippen molar-refractivity contribution in [1.82, 2.24) is 0 Å². The average Bonchev–Trinajstić information content (AvgIpc) is 2.17. The third-order valence-corrected chi connectivity index (χ3v) is 2.40. The molecule has 14 heavy (non-hydrogen) atoms. The number of primary amides is 1. The molecule has 0 spiro atoms. The molecule has 1 heterocycles. The summed E-state index contributed by atoms with van der Waals surface area (Å²) in [5, 5.41) is 0. The van der Waals surface area contributed by atoms with Crippen molar-refractivity contribution in [2.45, 2.75) is 13.0 Å². The van der Waals surface area contributed by atoms with Crippen molar-refractivity contribution in [2.75, 3.05) is 4.90 Å². The summed E-state index contributed by atoms with van der Waals surface area (Å²) < 4.78 is 0. The Morgan fingerprint density at radius 1 is 1.43 bits per heavy atom. The molecule has 1 aliphatic rings. The first-order valence-electron chi connectivity index (χ1n) is 4.56. The summed E-state index contributed by atoms with van der Waals surface area (Å²) in [5.41, 5.74) is 7.24. The molecule has 1 aromatic carbocycles. The van der Waals surface area contributed by atoms with Crippen LogP contribution in [0.2, 0.25) is 0 Å². The van der Waals surface area contributed by atoms with Crippen LogP contribution in [0, 0.1) is 0 Å². The van der Waals surface area contributed by atoms with E-state index in [0.29, 0.717) is 0 Å². The largest absolute Gasteiger partial charge is 0.351 e. The molecule has 0 saturated heterocycles. The highest BCUT2D eigenvalue weighted by Gasteiger charge is 2.22. The highest BCUT2D eigenvalue weighted by molar-refractivity contribution is 5.95. The molecule has 0 saturated carbocycles. The van der Waals surface area contributed by atoms with Crippen molar-refractivity contribution in [3.63, 3.8) is 0 Å². The zero-order valence-corrected chi connectivity index (χ0v) is 7.97. The van der Waals surface area contributed by atoms with Gasteiger partial charge in [-0.25, -0.2) is 4.79 Å². The van der Waals surface area contributed by atoms with Crippen LogP contribution < -0.4 is 10.6 Å². The van der Waals surface area contributed by atoms with E-state index in [2.05, 4.69) is 0 Å². The molecule has 1 aromatic rings. The first-order valence-corrected chi connectivity index (χ1v) is 4.56. The van der Waals surface area contributed by atoms with E-state index < -0.39 is 6.03 Å². The molecule has 0 bridgehead atoms. The summed E-state index contributed by atoms with van der Waals surface area (Å²) in [6.07, 6.45) is 3.98. The molecule has 3 heteroatoms. The highest BCUT2D eigenvalue weighted by Crippen LogP contribution is 2.28. The number of urea groups is 1. The number of carbonyl (C=O) groups excluding carboxylic acids is 1. The molecule has 2 N–H and O–H groups in total. The van der Waals surface area contributed by atoms with Crippen molar-refractivity contribution >= 4 is 17.8 Å². The number of fused-ring (bicyclic) bond motifs is 1. The molecule has 1 atom stereocenters. The minimum Gasteiger partial charge on any atom is -0.351 e. The van der Waals surface area contributed by atoms with Crippen molar-refractivity contribution < 1.29 is 4.79 Å². The quantitative estimate of drug-likeness (QED) is 0.665. The Balaban J connectivity index is 2.53. The number of anilines is 1. The van der Waals surface area contributed by atoms with Crippen LogP contribution in [0.3, 0.4) is 0 Å².